The lowest BCUT2D eigenvalue weighted by Gasteiger charge is -2.23. The molecule has 0 aliphatic heterocycles. The van der Waals surface area contributed by atoms with Crippen molar-refractivity contribution in [1.29, 1.82) is 0 Å². The summed E-state index contributed by atoms with van der Waals surface area (Å²) in [6.07, 6.45) is 3.05. The maximum atomic E-state index is 6.17. The van der Waals surface area contributed by atoms with E-state index in [4.69, 9.17) is 11.6 Å². The highest BCUT2D eigenvalue weighted by molar-refractivity contribution is 6.30. The maximum Gasteiger partial charge on any atom is 0.137 e. The van der Waals surface area contributed by atoms with E-state index in [9.17, 15) is 0 Å². The Morgan fingerprint density at radius 3 is 2.60 bits per heavy atom. The molecular formula is C15H27ClN4. The lowest BCUT2D eigenvalue weighted by atomic mass is 10.2. The number of hydrogen-bond acceptors (Lipinski definition) is 4. The Morgan fingerprint density at radius 2 is 2.00 bits per heavy atom. The summed E-state index contributed by atoms with van der Waals surface area (Å²) in [5.41, 5.74) is 0.928. The van der Waals surface area contributed by atoms with Crippen LogP contribution < -0.4 is 5.32 Å². The van der Waals surface area contributed by atoms with E-state index < -0.39 is 0 Å². The molecule has 0 saturated heterocycles. The van der Waals surface area contributed by atoms with Crippen LogP contribution in [0, 0.1) is 6.92 Å². The largest absolute Gasteiger partial charge is 0.368 e. The fourth-order valence-corrected chi connectivity index (χ4v) is 2.11. The Bertz CT molecular complexity index is 423. The van der Waals surface area contributed by atoms with Crippen molar-refractivity contribution in [2.75, 3.05) is 25.5 Å². The molecule has 20 heavy (non-hydrogen) atoms. The summed E-state index contributed by atoms with van der Waals surface area (Å²) >= 11 is 6.17. The van der Waals surface area contributed by atoms with Gasteiger partial charge < -0.3 is 10.2 Å². The van der Waals surface area contributed by atoms with Crippen molar-refractivity contribution in [2.24, 2.45) is 0 Å². The van der Waals surface area contributed by atoms with Crippen LogP contribution in [-0.2, 0) is 6.42 Å². The number of aromatic nitrogens is 2. The van der Waals surface area contributed by atoms with E-state index in [1.807, 2.05) is 6.92 Å². The van der Waals surface area contributed by atoms with Gasteiger partial charge in [0.2, 0.25) is 0 Å². The highest BCUT2D eigenvalue weighted by Crippen LogP contribution is 2.20. The Hall–Kier alpha value is -0.870. The summed E-state index contributed by atoms with van der Waals surface area (Å²) < 4.78 is 0. The van der Waals surface area contributed by atoms with E-state index in [0.717, 1.165) is 49.6 Å². The number of likely N-dealkylation sites (N-methyl/N-ethyl adjacent to an activating group) is 1. The minimum Gasteiger partial charge on any atom is -0.368 e. The molecule has 1 aromatic rings. The van der Waals surface area contributed by atoms with Gasteiger partial charge in [-0.25, -0.2) is 9.97 Å². The van der Waals surface area contributed by atoms with Gasteiger partial charge in [0.15, 0.2) is 0 Å². The molecule has 5 heteroatoms. The molecule has 1 heterocycles. The summed E-state index contributed by atoms with van der Waals surface area (Å²) in [5.74, 6) is 1.69. The van der Waals surface area contributed by atoms with Gasteiger partial charge in [0.25, 0.3) is 0 Å². The third kappa shape index (κ3) is 4.91. The van der Waals surface area contributed by atoms with Crippen LogP contribution in [0.1, 0.15) is 45.0 Å². The van der Waals surface area contributed by atoms with Crippen LogP contribution in [0.25, 0.3) is 0 Å². The molecule has 1 unspecified atom stereocenters. The van der Waals surface area contributed by atoms with Crippen LogP contribution >= 0.6 is 11.6 Å². The number of halogens is 1. The Kier molecular flexibility index (Phi) is 7.24. The van der Waals surface area contributed by atoms with Crippen molar-refractivity contribution in [3.63, 3.8) is 0 Å². The second kappa shape index (κ2) is 8.42. The summed E-state index contributed by atoms with van der Waals surface area (Å²) in [6, 6.07) is 0.600. The van der Waals surface area contributed by atoms with Gasteiger partial charge in [0.1, 0.15) is 16.8 Å². The summed E-state index contributed by atoms with van der Waals surface area (Å²) in [7, 11) is 2.15. The summed E-state index contributed by atoms with van der Waals surface area (Å²) in [5, 5.41) is 3.94. The van der Waals surface area contributed by atoms with Crippen LogP contribution in [0.15, 0.2) is 0 Å². The molecule has 0 radical (unpaired) electrons. The molecule has 1 atom stereocenters. The minimum absolute atomic E-state index is 0.557. The van der Waals surface area contributed by atoms with Crippen LogP contribution in [0.4, 0.5) is 5.82 Å². The highest BCUT2D eigenvalue weighted by Gasteiger charge is 2.10. The Morgan fingerprint density at radius 1 is 1.30 bits per heavy atom. The van der Waals surface area contributed by atoms with Gasteiger partial charge in [-0.3, -0.25) is 0 Å². The predicted molar refractivity (Wildman–Crippen MR) is 86.6 cm³/mol. The normalized spacial score (nSPS) is 12.8. The van der Waals surface area contributed by atoms with E-state index in [0.29, 0.717) is 11.2 Å². The Labute approximate surface area is 127 Å². The monoisotopic (exact) mass is 298 g/mol. The van der Waals surface area contributed by atoms with Crippen molar-refractivity contribution in [1.82, 2.24) is 14.9 Å². The smallest absolute Gasteiger partial charge is 0.137 e. The quantitative estimate of drug-likeness (QED) is 0.745. The van der Waals surface area contributed by atoms with E-state index in [1.165, 1.54) is 0 Å². The number of nitrogens with zero attached hydrogens (tertiary/aromatic N) is 3. The maximum absolute atomic E-state index is 6.17. The van der Waals surface area contributed by atoms with Gasteiger partial charge in [-0.05, 0) is 33.7 Å². The van der Waals surface area contributed by atoms with Gasteiger partial charge in [-0.2, -0.15) is 0 Å². The average molecular weight is 299 g/mol. The Balaban J connectivity index is 2.63. The van der Waals surface area contributed by atoms with E-state index in [-0.39, 0.29) is 0 Å². The fraction of sp³-hybridized carbons (Fsp3) is 0.733. The number of aryl methyl sites for hydroxylation is 1. The van der Waals surface area contributed by atoms with E-state index in [1.54, 1.807) is 0 Å². The van der Waals surface area contributed by atoms with Crippen LogP contribution in [-0.4, -0.2) is 41.0 Å². The van der Waals surface area contributed by atoms with Crippen LogP contribution in [0.2, 0.25) is 5.15 Å². The third-order valence-electron chi connectivity index (χ3n) is 3.71. The molecule has 1 N–H and O–H groups in total. The molecule has 1 aromatic heterocycles. The number of nitrogens with one attached hydrogen (secondary N) is 1. The molecule has 0 spiro atoms. The molecule has 4 nitrogen and oxygen atoms in total. The minimum atomic E-state index is 0.557. The van der Waals surface area contributed by atoms with Crippen molar-refractivity contribution in [2.45, 2.75) is 53.0 Å². The van der Waals surface area contributed by atoms with Gasteiger partial charge >= 0.3 is 0 Å². The zero-order valence-corrected chi connectivity index (χ0v) is 14.1. The molecule has 0 aromatic carbocycles. The second-order valence-corrected chi connectivity index (χ2v) is 5.68. The van der Waals surface area contributed by atoms with Crippen molar-refractivity contribution < 1.29 is 0 Å². The van der Waals surface area contributed by atoms with Gasteiger partial charge in [0, 0.05) is 31.1 Å². The first-order valence-electron chi connectivity index (χ1n) is 7.46. The zero-order chi connectivity index (χ0) is 15.1. The van der Waals surface area contributed by atoms with Gasteiger partial charge in [0.05, 0.1) is 0 Å². The first-order chi connectivity index (χ1) is 9.49. The lowest BCUT2D eigenvalue weighted by Crippen LogP contribution is -2.33. The molecule has 0 saturated carbocycles. The fourth-order valence-electron chi connectivity index (χ4n) is 1.92. The van der Waals surface area contributed by atoms with Crippen LogP contribution in [0.3, 0.4) is 0 Å². The van der Waals surface area contributed by atoms with Crippen molar-refractivity contribution in [3.8, 4) is 0 Å². The number of rotatable bonds is 8. The van der Waals surface area contributed by atoms with Crippen molar-refractivity contribution >= 4 is 17.4 Å². The SMILES string of the molecule is CCCc1nc(Cl)c(C)c(NCCN(C)C(C)CC)n1. The number of hydrogen-bond donors (Lipinski definition) is 1. The first-order valence-corrected chi connectivity index (χ1v) is 7.84. The van der Waals surface area contributed by atoms with E-state index >= 15 is 0 Å². The zero-order valence-electron chi connectivity index (χ0n) is 13.3. The second-order valence-electron chi connectivity index (χ2n) is 5.32. The summed E-state index contributed by atoms with van der Waals surface area (Å²) in [4.78, 5) is 11.2. The molecule has 0 fully saturated rings. The third-order valence-corrected chi connectivity index (χ3v) is 4.07. The lowest BCUT2D eigenvalue weighted by molar-refractivity contribution is 0.261. The topological polar surface area (TPSA) is 41.1 Å². The van der Waals surface area contributed by atoms with E-state index in [2.05, 4.69) is 48.0 Å². The van der Waals surface area contributed by atoms with Crippen molar-refractivity contribution in [3.05, 3.63) is 16.5 Å². The molecule has 114 valence electrons. The molecule has 0 aliphatic rings. The van der Waals surface area contributed by atoms with Gasteiger partial charge in [-0.15, -0.1) is 0 Å². The first kappa shape index (κ1) is 17.2. The molecule has 0 aliphatic carbocycles. The molecular weight excluding hydrogens is 272 g/mol. The summed E-state index contributed by atoms with van der Waals surface area (Å²) in [6.45, 7) is 10.4. The highest BCUT2D eigenvalue weighted by atomic mass is 35.5. The number of anilines is 1. The average Bonchev–Trinajstić information content (AvgIpc) is 2.43. The molecule has 0 bridgehead atoms. The van der Waals surface area contributed by atoms with Crippen LogP contribution in [0.5, 0.6) is 0 Å². The molecule has 1 rings (SSSR count). The standard InChI is InChI=1S/C15H27ClN4/c1-6-8-13-18-14(16)12(4)15(19-13)17-9-10-20(5)11(3)7-2/h11H,6-10H2,1-5H3,(H,17,18,19). The van der Waals surface area contributed by atoms with Gasteiger partial charge in [-0.1, -0.05) is 25.4 Å². The molecule has 0 amide bonds. The predicted octanol–water partition coefficient (Wildman–Crippen LogP) is 3.53.